The average Bonchev–Trinajstić information content (AvgIpc) is 3.72. The number of ether oxygens (including phenoxy) is 4. The fourth-order valence-electron chi connectivity index (χ4n) is 8.18. The number of rotatable bonds is 6. The molecule has 0 saturated carbocycles. The third-order valence-electron chi connectivity index (χ3n) is 10.4. The van der Waals surface area contributed by atoms with Crippen molar-refractivity contribution in [1.29, 1.82) is 5.26 Å². The van der Waals surface area contributed by atoms with E-state index in [4.69, 9.17) is 35.5 Å². The Kier molecular flexibility index (Phi) is 9.24. The number of thiophene rings is 1. The molecule has 0 spiro atoms. The van der Waals surface area contributed by atoms with E-state index in [2.05, 4.69) is 21.3 Å². The third-order valence-corrected chi connectivity index (χ3v) is 11.9. The van der Waals surface area contributed by atoms with Crippen LogP contribution in [0.5, 0.6) is 11.8 Å². The highest BCUT2D eigenvalue weighted by atomic mass is 35.5. The number of nitrogens with zero attached hydrogens (tertiary/aromatic N) is 5. The van der Waals surface area contributed by atoms with Crippen molar-refractivity contribution in [2.45, 2.75) is 76.2 Å². The van der Waals surface area contributed by atoms with Gasteiger partial charge in [0.2, 0.25) is 0 Å². The monoisotopic (exact) mass is 770 g/mol. The minimum Gasteiger partial charge on any atom is -0.489 e. The summed E-state index contributed by atoms with van der Waals surface area (Å²) >= 11 is 7.92. The molecule has 1 unspecified atom stereocenters. The van der Waals surface area contributed by atoms with Gasteiger partial charge in [0.05, 0.1) is 45.4 Å². The number of aromatic nitrogens is 2. The van der Waals surface area contributed by atoms with Crippen molar-refractivity contribution in [3.05, 3.63) is 34.4 Å². The molecule has 3 atom stereocenters. The summed E-state index contributed by atoms with van der Waals surface area (Å²) in [6.07, 6.45) is 1.85. The van der Waals surface area contributed by atoms with Crippen LogP contribution in [0.1, 0.15) is 58.4 Å². The van der Waals surface area contributed by atoms with E-state index >= 15 is 8.78 Å². The van der Waals surface area contributed by atoms with E-state index in [1.165, 1.54) is 6.07 Å². The molecule has 0 bridgehead atoms. The smallest absolute Gasteiger partial charge is 0.412 e. The van der Waals surface area contributed by atoms with E-state index in [0.717, 1.165) is 49.6 Å². The van der Waals surface area contributed by atoms with Gasteiger partial charge in [-0.2, -0.15) is 15.2 Å². The average molecular weight is 771 g/mol. The third kappa shape index (κ3) is 6.37. The summed E-state index contributed by atoms with van der Waals surface area (Å²) in [6.45, 7) is 7.92. The number of amides is 1. The molecule has 16 heteroatoms. The van der Waals surface area contributed by atoms with Crippen LogP contribution in [-0.2, 0) is 9.47 Å². The van der Waals surface area contributed by atoms with Crippen molar-refractivity contribution in [2.24, 2.45) is 0 Å². The highest BCUT2D eigenvalue weighted by Crippen LogP contribution is 2.51. The minimum absolute atomic E-state index is 0.00596. The number of nitriles is 1. The van der Waals surface area contributed by atoms with Crippen LogP contribution >= 0.6 is 22.9 Å². The lowest BCUT2D eigenvalue weighted by Crippen LogP contribution is -2.44. The quantitative estimate of drug-likeness (QED) is 0.207. The number of carbonyl (C=O) groups excluding carboxylic acids is 1. The minimum atomic E-state index is -0.965. The van der Waals surface area contributed by atoms with Gasteiger partial charge in [0, 0.05) is 30.5 Å². The summed E-state index contributed by atoms with van der Waals surface area (Å²) in [5, 5.41) is 13.1. The van der Waals surface area contributed by atoms with Crippen molar-refractivity contribution in [3.8, 4) is 29.0 Å². The second-order valence-corrected chi connectivity index (χ2v) is 16.4. The highest BCUT2D eigenvalue weighted by Gasteiger charge is 2.49. The number of nitrogens with one attached hydrogen (secondary N) is 1. The molecule has 11 nitrogen and oxygen atoms in total. The van der Waals surface area contributed by atoms with E-state index in [-0.39, 0.29) is 78.7 Å². The van der Waals surface area contributed by atoms with Gasteiger partial charge in [0.15, 0.2) is 11.6 Å². The maximum Gasteiger partial charge on any atom is 0.412 e. The lowest BCUT2D eigenvalue weighted by atomic mass is 9.95. The molecule has 3 fully saturated rings. The Labute approximate surface area is 312 Å². The Hall–Kier alpha value is -4.10. The van der Waals surface area contributed by atoms with Crippen LogP contribution in [0.15, 0.2) is 12.1 Å². The number of hydrogen-bond donors (Lipinski definition) is 1. The lowest BCUT2D eigenvalue weighted by Gasteiger charge is -2.34. The van der Waals surface area contributed by atoms with E-state index in [0.29, 0.717) is 38.5 Å². The standard InChI is InChI=1S/C37H38ClF3N6O5S/c1-36(2,3)52-35(48)45-33-22(15-42)24-21(7-8-23(40)31(24)53-33)25-27(38)30-26-29(28(25)41)43-34(51-18-37-9-5-10-46(37)16-19(39)14-37)44-32(26)47(11-13-50-30)20-6-4-12-49-17-20/h7-8,19-20H,4-6,9-14,16-18H2,1-3H3,(H,45,48)/t19-,20?,37+/m1/s1. The molecule has 0 radical (unpaired) electrons. The maximum atomic E-state index is 17.4. The number of fused-ring (bicyclic) bond motifs is 2. The van der Waals surface area contributed by atoms with Gasteiger partial charge in [-0.1, -0.05) is 17.7 Å². The van der Waals surface area contributed by atoms with E-state index < -0.39 is 35.0 Å². The lowest BCUT2D eigenvalue weighted by molar-refractivity contribution is 0.0636. The zero-order valence-electron chi connectivity index (χ0n) is 29.5. The maximum absolute atomic E-state index is 17.4. The Balaban J connectivity index is 1.30. The van der Waals surface area contributed by atoms with E-state index in [1.54, 1.807) is 20.8 Å². The van der Waals surface area contributed by atoms with Gasteiger partial charge in [-0.25, -0.2) is 18.0 Å². The summed E-state index contributed by atoms with van der Waals surface area (Å²) in [7, 11) is 0. The molecule has 4 aliphatic rings. The van der Waals surface area contributed by atoms with Crippen molar-refractivity contribution >= 4 is 60.8 Å². The van der Waals surface area contributed by atoms with Crippen LogP contribution in [0, 0.1) is 23.0 Å². The van der Waals surface area contributed by atoms with Crippen molar-refractivity contribution < 1.29 is 36.9 Å². The second kappa shape index (κ2) is 13.6. The molecule has 0 aliphatic carbocycles. The van der Waals surface area contributed by atoms with Crippen LogP contribution in [-0.4, -0.2) is 90.4 Å². The molecular weight excluding hydrogens is 733 g/mol. The summed E-state index contributed by atoms with van der Waals surface area (Å²) in [5.41, 5.74) is -1.64. The van der Waals surface area contributed by atoms with Gasteiger partial charge >= 0.3 is 12.1 Å². The topological polar surface area (TPSA) is 122 Å². The number of alkyl halides is 1. The molecule has 3 saturated heterocycles. The largest absolute Gasteiger partial charge is 0.489 e. The number of hydrogen-bond acceptors (Lipinski definition) is 11. The molecule has 2 aromatic heterocycles. The van der Waals surface area contributed by atoms with Crippen LogP contribution in [0.25, 0.3) is 32.1 Å². The van der Waals surface area contributed by atoms with Gasteiger partial charge < -0.3 is 23.8 Å². The van der Waals surface area contributed by atoms with Crippen LogP contribution in [0.2, 0.25) is 5.02 Å². The number of carbonyl (C=O) groups is 1. The number of anilines is 2. The van der Waals surface area contributed by atoms with Crippen molar-refractivity contribution in [2.75, 3.05) is 56.3 Å². The predicted octanol–water partition coefficient (Wildman–Crippen LogP) is 7.99. The van der Waals surface area contributed by atoms with Gasteiger partial charge in [0.1, 0.15) is 53.2 Å². The van der Waals surface area contributed by atoms with Gasteiger partial charge in [-0.15, -0.1) is 11.3 Å². The van der Waals surface area contributed by atoms with Crippen molar-refractivity contribution in [3.63, 3.8) is 0 Å². The van der Waals surface area contributed by atoms with E-state index in [1.807, 2.05) is 4.90 Å². The molecule has 6 heterocycles. The van der Waals surface area contributed by atoms with Crippen LogP contribution < -0.4 is 19.7 Å². The van der Waals surface area contributed by atoms with Gasteiger partial charge in [-0.3, -0.25) is 10.2 Å². The predicted molar refractivity (Wildman–Crippen MR) is 195 cm³/mol. The molecule has 53 heavy (non-hydrogen) atoms. The van der Waals surface area contributed by atoms with Crippen LogP contribution in [0.4, 0.5) is 28.8 Å². The van der Waals surface area contributed by atoms with Gasteiger partial charge in [-0.05, 0) is 64.6 Å². The first-order chi connectivity index (χ1) is 25.4. The van der Waals surface area contributed by atoms with Crippen molar-refractivity contribution in [1.82, 2.24) is 14.9 Å². The second-order valence-electron chi connectivity index (χ2n) is 15.0. The fourth-order valence-corrected chi connectivity index (χ4v) is 9.58. The molecular formula is C37H38ClF3N6O5S. The fraction of sp³-hybridized carbons (Fsp3) is 0.514. The normalized spacial score (nSPS) is 23.1. The molecule has 1 N–H and O–H groups in total. The molecule has 1 amide bonds. The Morgan fingerprint density at radius 2 is 2.04 bits per heavy atom. The van der Waals surface area contributed by atoms with Gasteiger partial charge in [0.25, 0.3) is 0 Å². The molecule has 280 valence electrons. The summed E-state index contributed by atoms with van der Waals surface area (Å²) in [4.78, 5) is 26.3. The van der Waals surface area contributed by atoms with E-state index in [9.17, 15) is 14.4 Å². The summed E-state index contributed by atoms with van der Waals surface area (Å²) in [5.74, 6) is -1.03. The summed E-state index contributed by atoms with van der Waals surface area (Å²) in [6, 6.07) is 4.38. The Morgan fingerprint density at radius 3 is 2.79 bits per heavy atom. The Morgan fingerprint density at radius 1 is 1.21 bits per heavy atom. The number of benzene rings is 2. The first kappa shape index (κ1) is 35.9. The Bertz CT molecular complexity index is 2170. The zero-order chi connectivity index (χ0) is 37.2. The van der Waals surface area contributed by atoms with Crippen LogP contribution in [0.3, 0.4) is 0 Å². The first-order valence-corrected chi connectivity index (χ1v) is 18.9. The zero-order valence-corrected chi connectivity index (χ0v) is 31.1. The highest BCUT2D eigenvalue weighted by molar-refractivity contribution is 7.23. The molecule has 4 aromatic rings. The molecule has 4 aliphatic heterocycles. The number of halogens is 4. The summed E-state index contributed by atoms with van der Waals surface area (Å²) < 4.78 is 71.3. The first-order valence-electron chi connectivity index (χ1n) is 17.7. The molecule has 2 aromatic carbocycles. The molecule has 8 rings (SSSR count). The SMILES string of the molecule is CC(C)(C)OC(=O)Nc1sc2c(F)ccc(-c3c(Cl)c4c5c(nc(OC[C@@]67CCCN6C[C@H](F)C7)nc5c3F)N(C3CCCOC3)CCO4)c2c1C#N.